The van der Waals surface area contributed by atoms with Crippen LogP contribution in [0.2, 0.25) is 0 Å². The lowest BCUT2D eigenvalue weighted by Crippen LogP contribution is -2.31. The molecule has 0 aromatic carbocycles. The minimum absolute atomic E-state index is 0.144. The van der Waals surface area contributed by atoms with Gasteiger partial charge in [-0.15, -0.1) is 0 Å². The Morgan fingerprint density at radius 3 is 3.07 bits per heavy atom. The van der Waals surface area contributed by atoms with Crippen LogP contribution in [0.3, 0.4) is 0 Å². The van der Waals surface area contributed by atoms with Crippen LogP contribution in [0.5, 0.6) is 0 Å². The second-order valence-corrected chi connectivity index (χ2v) is 4.46. The number of nitrogens with one attached hydrogen (secondary N) is 2. The maximum atomic E-state index is 10.9. The predicted octanol–water partition coefficient (Wildman–Crippen LogP) is 1.53. The first kappa shape index (κ1) is 10.4. The van der Waals surface area contributed by atoms with E-state index in [1.807, 2.05) is 12.1 Å². The van der Waals surface area contributed by atoms with Crippen molar-refractivity contribution < 1.29 is 4.79 Å². The molecule has 0 bridgehead atoms. The molecule has 1 aliphatic rings. The molecule has 1 aliphatic heterocycles. The van der Waals surface area contributed by atoms with Gasteiger partial charge in [0, 0.05) is 29.7 Å². The Kier molecular flexibility index (Phi) is 3.20. The lowest BCUT2D eigenvalue weighted by Gasteiger charge is -2.11. The largest absolute Gasteiger partial charge is 0.368 e. The first-order valence-electron chi connectivity index (χ1n) is 4.89. The zero-order valence-corrected chi connectivity index (χ0v) is 9.75. The molecule has 2 rings (SSSR count). The highest BCUT2D eigenvalue weighted by atomic mass is 79.9. The SMILES string of the molecule is O=C1CCC(CNc2ccc(Br)cn2)N1. The van der Waals surface area contributed by atoms with Crippen molar-refractivity contribution in [1.29, 1.82) is 0 Å². The summed E-state index contributed by atoms with van der Waals surface area (Å²) in [4.78, 5) is 15.1. The molecule has 15 heavy (non-hydrogen) atoms. The molecule has 80 valence electrons. The molecule has 5 heteroatoms. The first-order valence-corrected chi connectivity index (χ1v) is 5.68. The number of hydrogen-bond donors (Lipinski definition) is 2. The van der Waals surface area contributed by atoms with E-state index in [9.17, 15) is 4.79 Å². The summed E-state index contributed by atoms with van der Waals surface area (Å²) in [7, 11) is 0. The minimum Gasteiger partial charge on any atom is -0.368 e. The molecular formula is C10H12BrN3O. The van der Waals surface area contributed by atoms with E-state index in [4.69, 9.17) is 0 Å². The maximum absolute atomic E-state index is 10.9. The van der Waals surface area contributed by atoms with E-state index in [-0.39, 0.29) is 11.9 Å². The van der Waals surface area contributed by atoms with Crippen molar-refractivity contribution in [2.45, 2.75) is 18.9 Å². The van der Waals surface area contributed by atoms with Crippen molar-refractivity contribution in [3.05, 3.63) is 22.8 Å². The monoisotopic (exact) mass is 269 g/mol. The van der Waals surface area contributed by atoms with Gasteiger partial charge in [-0.3, -0.25) is 4.79 Å². The van der Waals surface area contributed by atoms with Gasteiger partial charge in [0.2, 0.25) is 5.91 Å². The molecule has 1 unspecified atom stereocenters. The average molecular weight is 270 g/mol. The lowest BCUT2D eigenvalue weighted by molar-refractivity contribution is -0.119. The van der Waals surface area contributed by atoms with E-state index in [0.29, 0.717) is 6.42 Å². The van der Waals surface area contributed by atoms with Gasteiger partial charge >= 0.3 is 0 Å². The number of nitrogens with zero attached hydrogens (tertiary/aromatic N) is 1. The van der Waals surface area contributed by atoms with Crippen molar-refractivity contribution in [2.24, 2.45) is 0 Å². The van der Waals surface area contributed by atoms with Crippen molar-refractivity contribution in [2.75, 3.05) is 11.9 Å². The predicted molar refractivity (Wildman–Crippen MR) is 61.6 cm³/mol. The summed E-state index contributed by atoms with van der Waals surface area (Å²) in [6.07, 6.45) is 3.29. The van der Waals surface area contributed by atoms with Crippen LogP contribution in [-0.4, -0.2) is 23.5 Å². The Morgan fingerprint density at radius 1 is 1.60 bits per heavy atom. The Labute approximate surface area is 96.6 Å². The maximum Gasteiger partial charge on any atom is 0.220 e. The third kappa shape index (κ3) is 2.92. The summed E-state index contributed by atoms with van der Waals surface area (Å²) in [5, 5.41) is 6.08. The number of rotatable bonds is 3. The van der Waals surface area contributed by atoms with Crippen LogP contribution in [-0.2, 0) is 4.79 Å². The lowest BCUT2D eigenvalue weighted by atomic mass is 10.2. The second kappa shape index (κ2) is 4.61. The van der Waals surface area contributed by atoms with Gasteiger partial charge in [0.05, 0.1) is 0 Å². The molecular weight excluding hydrogens is 258 g/mol. The number of carbonyl (C=O) groups is 1. The van der Waals surface area contributed by atoms with Crippen LogP contribution in [0.1, 0.15) is 12.8 Å². The van der Waals surface area contributed by atoms with Crippen molar-refractivity contribution in [1.82, 2.24) is 10.3 Å². The van der Waals surface area contributed by atoms with Crippen LogP contribution in [0.25, 0.3) is 0 Å². The Bertz CT molecular complexity index is 352. The molecule has 0 saturated carbocycles. The zero-order chi connectivity index (χ0) is 10.7. The number of anilines is 1. The van der Waals surface area contributed by atoms with Gasteiger partial charge in [0.15, 0.2) is 0 Å². The number of aromatic nitrogens is 1. The summed E-state index contributed by atoms with van der Waals surface area (Å²) in [5.74, 6) is 0.977. The number of pyridine rings is 1. The molecule has 1 aromatic rings. The molecule has 1 saturated heterocycles. The average Bonchev–Trinajstić information content (AvgIpc) is 2.64. The highest BCUT2D eigenvalue weighted by Crippen LogP contribution is 2.11. The van der Waals surface area contributed by atoms with Crippen LogP contribution in [0, 0.1) is 0 Å². The molecule has 1 aromatic heterocycles. The molecule has 2 N–H and O–H groups in total. The van der Waals surface area contributed by atoms with Crippen molar-refractivity contribution in [3.63, 3.8) is 0 Å². The van der Waals surface area contributed by atoms with Gasteiger partial charge < -0.3 is 10.6 Å². The van der Waals surface area contributed by atoms with Gasteiger partial charge in [-0.2, -0.15) is 0 Å². The van der Waals surface area contributed by atoms with E-state index in [1.54, 1.807) is 6.20 Å². The summed E-state index contributed by atoms with van der Waals surface area (Å²) >= 11 is 3.32. The van der Waals surface area contributed by atoms with Crippen molar-refractivity contribution in [3.8, 4) is 0 Å². The van der Waals surface area contributed by atoms with Crippen LogP contribution in [0.4, 0.5) is 5.82 Å². The normalized spacial score (nSPS) is 20.1. The van der Waals surface area contributed by atoms with Gasteiger partial charge in [0.25, 0.3) is 0 Å². The highest BCUT2D eigenvalue weighted by Gasteiger charge is 2.19. The van der Waals surface area contributed by atoms with Crippen LogP contribution in [0.15, 0.2) is 22.8 Å². The standard InChI is InChI=1S/C10H12BrN3O/c11-7-1-3-9(12-5-7)13-6-8-2-4-10(15)14-8/h1,3,5,8H,2,4,6H2,(H,12,13)(H,14,15). The molecule has 4 nitrogen and oxygen atoms in total. The summed E-state index contributed by atoms with van der Waals surface area (Å²) < 4.78 is 0.960. The Balaban J connectivity index is 1.83. The van der Waals surface area contributed by atoms with Crippen LogP contribution < -0.4 is 10.6 Å². The Hall–Kier alpha value is -1.10. The third-order valence-electron chi connectivity index (χ3n) is 2.34. The number of carbonyl (C=O) groups excluding carboxylic acids is 1. The summed E-state index contributed by atoms with van der Waals surface area (Å²) in [5.41, 5.74) is 0. The second-order valence-electron chi connectivity index (χ2n) is 3.55. The molecule has 0 spiro atoms. The Morgan fingerprint density at radius 2 is 2.47 bits per heavy atom. The number of amides is 1. The van der Waals surface area contributed by atoms with E-state index < -0.39 is 0 Å². The van der Waals surface area contributed by atoms with E-state index >= 15 is 0 Å². The van der Waals surface area contributed by atoms with Crippen molar-refractivity contribution >= 4 is 27.7 Å². The molecule has 1 atom stereocenters. The molecule has 1 fully saturated rings. The highest BCUT2D eigenvalue weighted by molar-refractivity contribution is 9.10. The summed E-state index contributed by atoms with van der Waals surface area (Å²) in [6, 6.07) is 4.08. The smallest absolute Gasteiger partial charge is 0.220 e. The fourth-order valence-electron chi connectivity index (χ4n) is 1.54. The van der Waals surface area contributed by atoms with E-state index in [0.717, 1.165) is 23.3 Å². The van der Waals surface area contributed by atoms with Gasteiger partial charge in [-0.05, 0) is 34.5 Å². The minimum atomic E-state index is 0.144. The molecule has 2 heterocycles. The number of halogens is 1. The first-order chi connectivity index (χ1) is 7.24. The van der Waals surface area contributed by atoms with Gasteiger partial charge in [-0.25, -0.2) is 4.98 Å². The van der Waals surface area contributed by atoms with E-state index in [2.05, 4.69) is 31.5 Å². The quantitative estimate of drug-likeness (QED) is 0.875. The molecule has 0 aliphatic carbocycles. The topological polar surface area (TPSA) is 54.0 Å². The number of hydrogen-bond acceptors (Lipinski definition) is 3. The van der Waals surface area contributed by atoms with Crippen LogP contribution >= 0.6 is 15.9 Å². The van der Waals surface area contributed by atoms with Gasteiger partial charge in [-0.1, -0.05) is 0 Å². The fraction of sp³-hybridized carbons (Fsp3) is 0.400. The molecule has 0 radical (unpaired) electrons. The van der Waals surface area contributed by atoms with E-state index in [1.165, 1.54) is 0 Å². The third-order valence-corrected chi connectivity index (χ3v) is 2.81. The molecule has 1 amide bonds. The summed E-state index contributed by atoms with van der Waals surface area (Å²) in [6.45, 7) is 0.736. The van der Waals surface area contributed by atoms with Gasteiger partial charge in [0.1, 0.15) is 5.82 Å². The zero-order valence-electron chi connectivity index (χ0n) is 8.16. The fourth-order valence-corrected chi connectivity index (χ4v) is 1.77.